The van der Waals surface area contributed by atoms with Crippen molar-refractivity contribution in [1.29, 1.82) is 0 Å². The number of hydrogen-bond donors (Lipinski definition) is 1. The monoisotopic (exact) mass is 338 g/mol. The number of nitrogens with one attached hydrogen (secondary N) is 1. The molecular weight excluding hydrogens is 323 g/mol. The van der Waals surface area contributed by atoms with Gasteiger partial charge in [-0.1, -0.05) is 24.3 Å². The maximum atomic E-state index is 12.9. The maximum Gasteiger partial charge on any atom is 0.229 e. The summed E-state index contributed by atoms with van der Waals surface area (Å²) in [5.74, 6) is 0.751. The van der Waals surface area contributed by atoms with Crippen LogP contribution in [-0.4, -0.2) is 20.7 Å². The molecule has 0 spiro atoms. The summed E-state index contributed by atoms with van der Waals surface area (Å²) in [6.45, 7) is 0.337. The minimum absolute atomic E-state index is 0.0943. The minimum Gasteiger partial charge on any atom is -0.489 e. The Hall–Kier alpha value is -3.22. The van der Waals surface area contributed by atoms with E-state index in [4.69, 9.17) is 4.74 Å². The first kappa shape index (κ1) is 15.3. The van der Waals surface area contributed by atoms with Gasteiger partial charge in [-0.2, -0.15) is 10.1 Å². The number of carbonyl (C=O) groups is 1. The van der Waals surface area contributed by atoms with Gasteiger partial charge in [-0.05, 0) is 35.4 Å². The zero-order valence-corrected chi connectivity index (χ0v) is 13.2. The fourth-order valence-corrected chi connectivity index (χ4v) is 2.82. The average molecular weight is 338 g/mol. The van der Waals surface area contributed by atoms with E-state index in [1.807, 2.05) is 24.3 Å². The molecule has 1 aromatic heterocycles. The normalized spacial score (nSPS) is 16.2. The highest BCUT2D eigenvalue weighted by molar-refractivity contribution is 5.91. The van der Waals surface area contributed by atoms with Crippen molar-refractivity contribution in [2.45, 2.75) is 19.1 Å². The van der Waals surface area contributed by atoms with Crippen LogP contribution < -0.4 is 10.1 Å². The molecule has 1 N–H and O–H groups in total. The second-order valence-corrected chi connectivity index (χ2v) is 5.78. The lowest BCUT2D eigenvalue weighted by molar-refractivity contribution is -0.117. The Morgan fingerprint density at radius 1 is 1.24 bits per heavy atom. The molecule has 0 bridgehead atoms. The van der Waals surface area contributed by atoms with Crippen LogP contribution in [0.2, 0.25) is 0 Å². The van der Waals surface area contributed by atoms with Crippen molar-refractivity contribution in [3.8, 4) is 5.75 Å². The fraction of sp³-hybridized carbons (Fsp3) is 0.167. The van der Waals surface area contributed by atoms with E-state index in [1.54, 1.807) is 16.8 Å². The van der Waals surface area contributed by atoms with Crippen LogP contribution in [0.15, 0.2) is 54.9 Å². The number of anilines is 1. The van der Waals surface area contributed by atoms with Crippen LogP contribution >= 0.6 is 0 Å². The number of ether oxygens (including phenoxy) is 1. The summed E-state index contributed by atoms with van der Waals surface area (Å²) in [4.78, 5) is 15.9. The van der Waals surface area contributed by atoms with Crippen LogP contribution in [-0.2, 0) is 11.4 Å². The lowest BCUT2D eigenvalue weighted by Gasteiger charge is -2.24. The molecule has 126 valence electrons. The summed E-state index contributed by atoms with van der Waals surface area (Å²) < 4.78 is 20.4. The molecule has 0 radical (unpaired) electrons. The van der Waals surface area contributed by atoms with E-state index in [1.165, 1.54) is 18.5 Å². The van der Waals surface area contributed by atoms with Crippen LogP contribution in [0.5, 0.6) is 5.75 Å². The first-order chi connectivity index (χ1) is 12.2. The van der Waals surface area contributed by atoms with Crippen molar-refractivity contribution in [2.24, 2.45) is 0 Å². The topological polar surface area (TPSA) is 69.0 Å². The molecular formula is C18H15FN4O2. The summed E-state index contributed by atoms with van der Waals surface area (Å²) in [7, 11) is 0. The Morgan fingerprint density at radius 3 is 2.92 bits per heavy atom. The van der Waals surface area contributed by atoms with Gasteiger partial charge in [0.25, 0.3) is 0 Å². The SMILES string of the molecule is O=C1C[C@@H](c2cccc(OCc3ccc(F)cc3)c2)n2ncnc2N1. The Kier molecular flexibility index (Phi) is 3.89. The summed E-state index contributed by atoms with van der Waals surface area (Å²) in [6, 6.07) is 13.5. The Labute approximate surface area is 143 Å². The van der Waals surface area contributed by atoms with Gasteiger partial charge in [0.1, 0.15) is 24.5 Å². The highest BCUT2D eigenvalue weighted by atomic mass is 19.1. The van der Waals surface area contributed by atoms with Crippen molar-refractivity contribution in [2.75, 3.05) is 5.32 Å². The standard InChI is InChI=1S/C18H15FN4O2/c19-14-6-4-12(5-7-14)10-25-15-3-1-2-13(8-15)16-9-17(24)22-18-20-11-21-23(16)18/h1-8,11,16H,9-10H2,(H,20,21,22,24)/t16-/m0/s1. The van der Waals surface area contributed by atoms with E-state index in [-0.39, 0.29) is 24.2 Å². The van der Waals surface area contributed by atoms with Crippen molar-refractivity contribution in [3.05, 3.63) is 71.8 Å². The molecule has 4 rings (SSSR count). The number of halogens is 1. The van der Waals surface area contributed by atoms with Gasteiger partial charge in [-0.25, -0.2) is 9.07 Å². The third-order valence-electron chi connectivity index (χ3n) is 4.06. The zero-order chi connectivity index (χ0) is 17.2. The number of carbonyl (C=O) groups excluding carboxylic acids is 1. The molecule has 3 aromatic rings. The lowest BCUT2D eigenvalue weighted by atomic mass is 10.0. The largest absolute Gasteiger partial charge is 0.489 e. The molecule has 2 heterocycles. The van der Waals surface area contributed by atoms with Gasteiger partial charge in [0, 0.05) is 0 Å². The summed E-state index contributed by atoms with van der Waals surface area (Å²) in [6.07, 6.45) is 1.71. The van der Waals surface area contributed by atoms with Crippen LogP contribution in [0.1, 0.15) is 23.6 Å². The quantitative estimate of drug-likeness (QED) is 0.794. The van der Waals surface area contributed by atoms with Gasteiger partial charge < -0.3 is 4.74 Å². The van der Waals surface area contributed by atoms with Crippen molar-refractivity contribution in [1.82, 2.24) is 14.8 Å². The van der Waals surface area contributed by atoms with E-state index in [0.717, 1.165) is 11.1 Å². The van der Waals surface area contributed by atoms with Gasteiger partial charge in [0.2, 0.25) is 11.9 Å². The molecule has 0 aliphatic carbocycles. The molecule has 2 aromatic carbocycles. The van der Waals surface area contributed by atoms with E-state index in [0.29, 0.717) is 18.3 Å². The van der Waals surface area contributed by atoms with Gasteiger partial charge in [0.15, 0.2) is 0 Å². The predicted octanol–water partition coefficient (Wildman–Crippen LogP) is 2.93. The minimum atomic E-state index is -0.273. The van der Waals surface area contributed by atoms with Crippen LogP contribution in [0.3, 0.4) is 0 Å². The second-order valence-electron chi connectivity index (χ2n) is 5.78. The molecule has 1 aliphatic heterocycles. The predicted molar refractivity (Wildman–Crippen MR) is 88.6 cm³/mol. The highest BCUT2D eigenvalue weighted by Crippen LogP contribution is 2.30. The Morgan fingerprint density at radius 2 is 2.08 bits per heavy atom. The Bertz CT molecular complexity index is 907. The number of hydrogen-bond acceptors (Lipinski definition) is 4. The summed E-state index contributed by atoms with van der Waals surface area (Å²) >= 11 is 0. The lowest BCUT2D eigenvalue weighted by Crippen LogP contribution is -2.29. The first-order valence-electron chi connectivity index (χ1n) is 7.85. The number of benzene rings is 2. The van der Waals surface area contributed by atoms with E-state index < -0.39 is 0 Å². The summed E-state index contributed by atoms with van der Waals surface area (Å²) in [5, 5.41) is 6.89. The molecule has 0 saturated carbocycles. The third kappa shape index (κ3) is 3.21. The number of amides is 1. The molecule has 6 nitrogen and oxygen atoms in total. The van der Waals surface area contributed by atoms with Crippen molar-refractivity contribution >= 4 is 11.9 Å². The average Bonchev–Trinajstić information content (AvgIpc) is 3.09. The van der Waals surface area contributed by atoms with Crippen LogP contribution in [0.4, 0.5) is 10.3 Å². The van der Waals surface area contributed by atoms with E-state index >= 15 is 0 Å². The van der Waals surface area contributed by atoms with Gasteiger partial charge >= 0.3 is 0 Å². The number of aromatic nitrogens is 3. The molecule has 0 unspecified atom stereocenters. The maximum absolute atomic E-state index is 12.9. The molecule has 0 saturated heterocycles. The first-order valence-corrected chi connectivity index (χ1v) is 7.85. The number of rotatable bonds is 4. The Balaban J connectivity index is 1.54. The molecule has 7 heteroatoms. The van der Waals surface area contributed by atoms with Gasteiger partial charge in [-0.15, -0.1) is 0 Å². The van der Waals surface area contributed by atoms with E-state index in [2.05, 4.69) is 15.4 Å². The number of nitrogens with zero attached hydrogens (tertiary/aromatic N) is 3. The second kappa shape index (κ2) is 6.35. The third-order valence-corrected chi connectivity index (χ3v) is 4.06. The molecule has 1 amide bonds. The smallest absolute Gasteiger partial charge is 0.229 e. The van der Waals surface area contributed by atoms with E-state index in [9.17, 15) is 9.18 Å². The highest BCUT2D eigenvalue weighted by Gasteiger charge is 2.27. The van der Waals surface area contributed by atoms with Gasteiger partial charge in [0.05, 0.1) is 12.5 Å². The zero-order valence-electron chi connectivity index (χ0n) is 13.2. The summed E-state index contributed by atoms with van der Waals surface area (Å²) in [5.41, 5.74) is 1.79. The van der Waals surface area contributed by atoms with Crippen LogP contribution in [0, 0.1) is 5.82 Å². The van der Waals surface area contributed by atoms with Crippen molar-refractivity contribution < 1.29 is 13.9 Å². The molecule has 1 aliphatic rings. The van der Waals surface area contributed by atoms with Crippen molar-refractivity contribution in [3.63, 3.8) is 0 Å². The molecule has 0 fully saturated rings. The van der Waals surface area contributed by atoms with Crippen LogP contribution in [0.25, 0.3) is 0 Å². The molecule has 25 heavy (non-hydrogen) atoms. The molecule has 1 atom stereocenters. The fourth-order valence-electron chi connectivity index (χ4n) is 2.82. The van der Waals surface area contributed by atoms with Gasteiger partial charge in [-0.3, -0.25) is 10.1 Å². The number of fused-ring (bicyclic) bond motifs is 1.